The molecule has 0 aliphatic heterocycles. The lowest BCUT2D eigenvalue weighted by Gasteiger charge is -2.26. The molecule has 0 amide bonds. The number of hydrogen-bond donors (Lipinski definition) is 0. The van der Waals surface area contributed by atoms with Gasteiger partial charge >= 0.3 is 0 Å². The molecule has 3 aromatic heterocycles. The first kappa shape index (κ1) is 29.1. The fourth-order valence-electron chi connectivity index (χ4n) is 7.79. The van der Waals surface area contributed by atoms with E-state index in [-0.39, 0.29) is 0 Å². The minimum absolute atomic E-state index is 0.839. The Morgan fingerprint density at radius 2 is 0.981 bits per heavy atom. The van der Waals surface area contributed by atoms with Crippen LogP contribution >= 0.6 is 11.3 Å². The van der Waals surface area contributed by atoms with Gasteiger partial charge in [0.25, 0.3) is 0 Å². The van der Waals surface area contributed by atoms with E-state index in [4.69, 9.17) is 8.83 Å². The van der Waals surface area contributed by atoms with Crippen LogP contribution in [0.2, 0.25) is 0 Å². The van der Waals surface area contributed by atoms with Crippen molar-refractivity contribution in [2.45, 2.75) is 0 Å². The molecule has 244 valence electrons. The Hall–Kier alpha value is -6.62. The second-order valence-corrected chi connectivity index (χ2v) is 14.3. The fourth-order valence-corrected chi connectivity index (χ4v) is 9.03. The summed E-state index contributed by atoms with van der Waals surface area (Å²) >= 11 is 1.83. The number of benzene rings is 8. The number of nitrogens with zero attached hydrogens (tertiary/aromatic N) is 1. The third-order valence-electron chi connectivity index (χ3n) is 10.3. The lowest BCUT2D eigenvalue weighted by atomic mass is 10.0. The van der Waals surface area contributed by atoms with Gasteiger partial charge < -0.3 is 13.7 Å². The summed E-state index contributed by atoms with van der Waals surface area (Å²) in [6.45, 7) is 0. The second-order valence-electron chi connectivity index (χ2n) is 13.3. The Morgan fingerprint density at radius 3 is 1.77 bits per heavy atom. The highest BCUT2D eigenvalue weighted by atomic mass is 32.1. The minimum atomic E-state index is 0.839. The van der Waals surface area contributed by atoms with E-state index in [0.29, 0.717) is 0 Å². The molecule has 8 aromatic carbocycles. The summed E-state index contributed by atoms with van der Waals surface area (Å²) in [6, 6.07) is 62.3. The molecule has 0 aliphatic carbocycles. The molecular formula is C48H29NO2S. The van der Waals surface area contributed by atoms with Gasteiger partial charge in [-0.25, -0.2) is 0 Å². The van der Waals surface area contributed by atoms with Crippen LogP contribution in [0.3, 0.4) is 0 Å². The maximum atomic E-state index is 6.84. The summed E-state index contributed by atoms with van der Waals surface area (Å²) in [5.41, 5.74) is 11.1. The van der Waals surface area contributed by atoms with Gasteiger partial charge in [0.05, 0.1) is 11.4 Å². The topological polar surface area (TPSA) is 29.5 Å². The molecule has 3 heterocycles. The normalized spacial score (nSPS) is 11.8. The molecule has 0 fully saturated rings. The SMILES string of the molecule is c1ccc(-c2ccc(N(c3ccc4c(c3)oc3cc(-c5ccccc5)ccc34)c3cc4c5ccccc5sc4c4c3oc3ccccc34)cc2)cc1. The summed E-state index contributed by atoms with van der Waals surface area (Å²) in [5.74, 6) is 0. The number of anilines is 3. The van der Waals surface area contributed by atoms with Crippen molar-refractivity contribution in [3.8, 4) is 22.3 Å². The standard InChI is InChI=1S/C48H29NO2S/c1-3-11-30(12-4-1)32-19-22-34(23-20-32)49(35-24-26-37-36-25-21-33(31-13-5-2-6-14-31)27-43(36)50-44(37)28-35)41-29-40-38-15-8-10-18-45(38)52-48(40)46-39-16-7-9-17-42(39)51-47(41)46/h1-29H. The molecular weight excluding hydrogens is 655 g/mol. The monoisotopic (exact) mass is 683 g/mol. The Bertz CT molecular complexity index is 3120. The van der Waals surface area contributed by atoms with Gasteiger partial charge in [-0.1, -0.05) is 115 Å². The largest absolute Gasteiger partial charge is 0.456 e. The van der Waals surface area contributed by atoms with E-state index in [2.05, 4.69) is 169 Å². The average molecular weight is 684 g/mol. The Morgan fingerprint density at radius 1 is 0.385 bits per heavy atom. The first-order chi connectivity index (χ1) is 25.8. The molecule has 3 nitrogen and oxygen atoms in total. The van der Waals surface area contributed by atoms with Crippen molar-refractivity contribution in [2.24, 2.45) is 0 Å². The zero-order valence-electron chi connectivity index (χ0n) is 27.9. The van der Waals surface area contributed by atoms with E-state index in [1.54, 1.807) is 0 Å². The Kier molecular flexibility index (Phi) is 6.42. The fraction of sp³-hybridized carbons (Fsp3) is 0. The third kappa shape index (κ3) is 4.51. The smallest absolute Gasteiger partial charge is 0.160 e. The van der Waals surface area contributed by atoms with Gasteiger partial charge in [-0.15, -0.1) is 11.3 Å². The van der Waals surface area contributed by atoms with Gasteiger partial charge in [0, 0.05) is 53.5 Å². The number of para-hydroxylation sites is 1. The third-order valence-corrected chi connectivity index (χ3v) is 11.5. The zero-order valence-corrected chi connectivity index (χ0v) is 28.7. The lowest BCUT2D eigenvalue weighted by molar-refractivity contribution is 0.667. The van der Waals surface area contributed by atoms with Crippen molar-refractivity contribution < 1.29 is 8.83 Å². The van der Waals surface area contributed by atoms with Crippen LogP contribution in [0, 0.1) is 0 Å². The van der Waals surface area contributed by atoms with Crippen molar-refractivity contribution in [1.82, 2.24) is 0 Å². The molecule has 0 aliphatic rings. The van der Waals surface area contributed by atoms with Crippen molar-refractivity contribution in [3.63, 3.8) is 0 Å². The van der Waals surface area contributed by atoms with Crippen LogP contribution in [0.5, 0.6) is 0 Å². The van der Waals surface area contributed by atoms with Crippen LogP contribution in [0.15, 0.2) is 185 Å². The summed E-state index contributed by atoms with van der Waals surface area (Å²) in [6.07, 6.45) is 0. The van der Waals surface area contributed by atoms with Crippen LogP contribution in [0.1, 0.15) is 0 Å². The molecule has 0 spiro atoms. The Labute approximate surface area is 303 Å². The van der Waals surface area contributed by atoms with Crippen LogP contribution in [0.25, 0.3) is 86.3 Å². The molecule has 0 unspecified atom stereocenters. The summed E-state index contributed by atoms with van der Waals surface area (Å²) in [4.78, 5) is 2.33. The predicted octanol–water partition coefficient (Wildman–Crippen LogP) is 14.7. The minimum Gasteiger partial charge on any atom is -0.456 e. The highest BCUT2D eigenvalue weighted by Crippen LogP contribution is 2.50. The van der Waals surface area contributed by atoms with E-state index >= 15 is 0 Å². The summed E-state index contributed by atoms with van der Waals surface area (Å²) < 4.78 is 16.0. The predicted molar refractivity (Wildman–Crippen MR) is 219 cm³/mol. The van der Waals surface area contributed by atoms with E-state index in [1.165, 1.54) is 36.9 Å². The van der Waals surface area contributed by atoms with E-state index < -0.39 is 0 Å². The van der Waals surface area contributed by atoms with Gasteiger partial charge in [-0.3, -0.25) is 0 Å². The molecule has 52 heavy (non-hydrogen) atoms. The number of hydrogen-bond acceptors (Lipinski definition) is 4. The van der Waals surface area contributed by atoms with Gasteiger partial charge in [0.2, 0.25) is 0 Å². The summed E-state index contributed by atoms with van der Waals surface area (Å²) in [7, 11) is 0. The average Bonchev–Trinajstić information content (AvgIpc) is 3.90. The second kappa shape index (κ2) is 11.5. The van der Waals surface area contributed by atoms with Gasteiger partial charge in [-0.2, -0.15) is 0 Å². The first-order valence-electron chi connectivity index (χ1n) is 17.5. The highest BCUT2D eigenvalue weighted by Gasteiger charge is 2.24. The number of thiophene rings is 1. The molecule has 11 aromatic rings. The van der Waals surface area contributed by atoms with Crippen LogP contribution < -0.4 is 4.90 Å². The lowest BCUT2D eigenvalue weighted by Crippen LogP contribution is -2.10. The van der Waals surface area contributed by atoms with Crippen molar-refractivity contribution in [3.05, 3.63) is 176 Å². The number of fused-ring (bicyclic) bond motifs is 10. The van der Waals surface area contributed by atoms with Crippen molar-refractivity contribution in [2.75, 3.05) is 4.90 Å². The number of furan rings is 2. The van der Waals surface area contributed by atoms with Gasteiger partial charge in [0.15, 0.2) is 5.58 Å². The molecule has 0 atom stereocenters. The van der Waals surface area contributed by atoms with Gasteiger partial charge in [-0.05, 0) is 76.9 Å². The van der Waals surface area contributed by atoms with Crippen molar-refractivity contribution >= 4 is 92.4 Å². The maximum absolute atomic E-state index is 6.84. The molecule has 0 bridgehead atoms. The number of rotatable bonds is 5. The molecule has 4 heteroatoms. The van der Waals surface area contributed by atoms with E-state index in [1.807, 2.05) is 23.5 Å². The van der Waals surface area contributed by atoms with Crippen molar-refractivity contribution in [1.29, 1.82) is 0 Å². The van der Waals surface area contributed by atoms with Gasteiger partial charge in [0.1, 0.15) is 16.7 Å². The van der Waals surface area contributed by atoms with E-state index in [9.17, 15) is 0 Å². The first-order valence-corrected chi connectivity index (χ1v) is 18.3. The van der Waals surface area contributed by atoms with Crippen LogP contribution in [-0.2, 0) is 0 Å². The molecule has 0 saturated carbocycles. The van der Waals surface area contributed by atoms with Crippen LogP contribution in [-0.4, -0.2) is 0 Å². The molecule has 0 saturated heterocycles. The van der Waals surface area contributed by atoms with E-state index in [0.717, 1.165) is 66.5 Å². The zero-order chi connectivity index (χ0) is 34.2. The molecule has 0 radical (unpaired) electrons. The van der Waals surface area contributed by atoms with Crippen LogP contribution in [0.4, 0.5) is 17.1 Å². The maximum Gasteiger partial charge on any atom is 0.160 e. The Balaban J connectivity index is 1.17. The summed E-state index contributed by atoms with van der Waals surface area (Å²) in [5, 5.41) is 6.93. The highest BCUT2D eigenvalue weighted by molar-refractivity contribution is 7.26. The molecule has 11 rings (SSSR count). The molecule has 0 N–H and O–H groups in total. The quantitative estimate of drug-likeness (QED) is 0.181.